The second-order valence-corrected chi connectivity index (χ2v) is 6.71. The number of amides is 1. The molecule has 0 radical (unpaired) electrons. The van der Waals surface area contributed by atoms with Gasteiger partial charge >= 0.3 is 6.09 Å². The van der Waals surface area contributed by atoms with E-state index in [1.54, 1.807) is 11.0 Å². The number of aliphatic hydroxyl groups excluding tert-OH is 1. The van der Waals surface area contributed by atoms with Crippen LogP contribution in [0.25, 0.3) is 0 Å². The molecule has 5 nitrogen and oxygen atoms in total. The number of aromatic hydroxyl groups is 1. The van der Waals surface area contributed by atoms with Gasteiger partial charge in [-0.3, -0.25) is 0 Å². The third-order valence-corrected chi connectivity index (χ3v) is 3.84. The van der Waals surface area contributed by atoms with Gasteiger partial charge in [-0.05, 0) is 57.2 Å². The summed E-state index contributed by atoms with van der Waals surface area (Å²) in [7, 11) is 0. The van der Waals surface area contributed by atoms with Crippen molar-refractivity contribution in [3.63, 3.8) is 0 Å². The van der Waals surface area contributed by atoms with E-state index in [1.165, 1.54) is 0 Å². The van der Waals surface area contributed by atoms with Gasteiger partial charge in [0.15, 0.2) is 0 Å². The summed E-state index contributed by atoms with van der Waals surface area (Å²) < 4.78 is 5.44. The number of rotatable bonds is 3. The van der Waals surface area contributed by atoms with Crippen LogP contribution in [0.1, 0.15) is 38.3 Å². The minimum atomic E-state index is -0.560. The fourth-order valence-electron chi connectivity index (χ4n) is 2.89. The molecular weight excluding hydrogens is 282 g/mol. The molecular formula is C17H25NO4. The number of fused-ring (bicyclic) bond motifs is 1. The normalized spacial score (nSPS) is 17.7. The van der Waals surface area contributed by atoms with Crippen LogP contribution in [-0.4, -0.2) is 46.0 Å². The first kappa shape index (κ1) is 16.6. The summed E-state index contributed by atoms with van der Waals surface area (Å²) in [5.41, 5.74) is 1.46. The van der Waals surface area contributed by atoms with Crippen LogP contribution in [0.3, 0.4) is 0 Å². The molecule has 1 atom stereocenters. The van der Waals surface area contributed by atoms with Crippen LogP contribution in [0, 0.1) is 0 Å². The average Bonchev–Trinajstić information content (AvgIpc) is 2.42. The van der Waals surface area contributed by atoms with Crippen molar-refractivity contribution >= 4 is 6.09 Å². The smallest absolute Gasteiger partial charge is 0.410 e. The fraction of sp³-hybridized carbons (Fsp3) is 0.588. The van der Waals surface area contributed by atoms with Gasteiger partial charge < -0.3 is 19.8 Å². The first-order valence-electron chi connectivity index (χ1n) is 7.72. The minimum absolute atomic E-state index is 0.0173. The molecule has 1 aromatic carbocycles. The van der Waals surface area contributed by atoms with Gasteiger partial charge in [0.2, 0.25) is 0 Å². The predicted molar refractivity (Wildman–Crippen MR) is 83.9 cm³/mol. The third kappa shape index (κ3) is 3.91. The topological polar surface area (TPSA) is 70.0 Å². The highest BCUT2D eigenvalue weighted by atomic mass is 16.6. The molecule has 0 bridgehead atoms. The maximum Gasteiger partial charge on any atom is 0.410 e. The molecule has 1 aliphatic rings. The molecule has 0 saturated heterocycles. The third-order valence-electron chi connectivity index (χ3n) is 3.84. The van der Waals surface area contributed by atoms with Gasteiger partial charge in [-0.2, -0.15) is 0 Å². The highest BCUT2D eigenvalue weighted by Crippen LogP contribution is 2.31. The van der Waals surface area contributed by atoms with Crippen LogP contribution in [0.4, 0.5) is 4.79 Å². The van der Waals surface area contributed by atoms with Crippen molar-refractivity contribution in [2.45, 2.75) is 51.7 Å². The van der Waals surface area contributed by atoms with Gasteiger partial charge in [-0.1, -0.05) is 12.1 Å². The monoisotopic (exact) mass is 307 g/mol. The van der Waals surface area contributed by atoms with E-state index in [-0.39, 0.29) is 19.2 Å². The molecule has 122 valence electrons. The summed E-state index contributed by atoms with van der Waals surface area (Å²) in [5, 5.41) is 19.2. The summed E-state index contributed by atoms with van der Waals surface area (Å²) in [6.45, 7) is 5.65. The summed E-state index contributed by atoms with van der Waals surface area (Å²) in [4.78, 5) is 14.0. The van der Waals surface area contributed by atoms with Crippen LogP contribution in [0.5, 0.6) is 5.75 Å². The van der Waals surface area contributed by atoms with E-state index < -0.39 is 11.7 Å². The van der Waals surface area contributed by atoms with Crippen molar-refractivity contribution in [1.82, 2.24) is 4.90 Å². The Morgan fingerprint density at radius 2 is 2.14 bits per heavy atom. The molecule has 1 aliphatic carbocycles. The summed E-state index contributed by atoms with van der Waals surface area (Å²) in [6.07, 6.45) is 1.75. The molecule has 0 aliphatic heterocycles. The summed E-state index contributed by atoms with van der Waals surface area (Å²) in [6, 6.07) is 5.48. The van der Waals surface area contributed by atoms with E-state index in [1.807, 2.05) is 32.9 Å². The predicted octanol–water partition coefficient (Wildman–Crippen LogP) is 2.48. The van der Waals surface area contributed by atoms with Crippen LogP contribution in [-0.2, 0) is 17.6 Å². The van der Waals surface area contributed by atoms with Crippen LogP contribution < -0.4 is 0 Å². The Morgan fingerprint density at radius 1 is 1.41 bits per heavy atom. The van der Waals surface area contributed by atoms with Crippen molar-refractivity contribution < 1.29 is 19.7 Å². The van der Waals surface area contributed by atoms with E-state index in [4.69, 9.17) is 4.74 Å². The Kier molecular flexibility index (Phi) is 4.96. The van der Waals surface area contributed by atoms with Crippen LogP contribution in [0.2, 0.25) is 0 Å². The van der Waals surface area contributed by atoms with E-state index in [2.05, 4.69) is 0 Å². The average molecular weight is 307 g/mol. The molecule has 0 fully saturated rings. The number of phenolic OH excluding ortho intramolecular Hbond substituents is 1. The Hall–Kier alpha value is -1.75. The number of hydrogen-bond acceptors (Lipinski definition) is 4. The Morgan fingerprint density at radius 3 is 2.77 bits per heavy atom. The Bertz CT molecular complexity index is 536. The number of nitrogens with zero attached hydrogens (tertiary/aromatic N) is 1. The van der Waals surface area contributed by atoms with Crippen molar-refractivity contribution in [3.8, 4) is 5.75 Å². The SMILES string of the molecule is CC(C)(C)OC(=O)N(CCO)[C@H]1CCc2c(O)cccc2C1. The van der Waals surface area contributed by atoms with Crippen molar-refractivity contribution in [2.24, 2.45) is 0 Å². The minimum Gasteiger partial charge on any atom is -0.508 e. The number of benzene rings is 1. The lowest BCUT2D eigenvalue weighted by molar-refractivity contribution is 0.0108. The van der Waals surface area contributed by atoms with E-state index in [0.29, 0.717) is 12.2 Å². The fourth-order valence-corrected chi connectivity index (χ4v) is 2.89. The number of hydrogen-bond donors (Lipinski definition) is 2. The molecule has 1 aromatic rings. The van der Waals surface area contributed by atoms with Crippen LogP contribution in [0.15, 0.2) is 18.2 Å². The maximum atomic E-state index is 12.4. The highest BCUT2D eigenvalue weighted by molar-refractivity contribution is 5.68. The van der Waals surface area contributed by atoms with Crippen molar-refractivity contribution in [2.75, 3.05) is 13.2 Å². The zero-order valence-corrected chi connectivity index (χ0v) is 13.5. The molecule has 5 heteroatoms. The first-order chi connectivity index (χ1) is 10.3. The first-order valence-corrected chi connectivity index (χ1v) is 7.72. The molecule has 2 N–H and O–H groups in total. The molecule has 22 heavy (non-hydrogen) atoms. The van der Waals surface area contributed by atoms with Gasteiger partial charge in [0.25, 0.3) is 0 Å². The van der Waals surface area contributed by atoms with Gasteiger partial charge in [-0.15, -0.1) is 0 Å². The van der Waals surface area contributed by atoms with E-state index in [9.17, 15) is 15.0 Å². The molecule has 1 amide bonds. The lowest BCUT2D eigenvalue weighted by Crippen LogP contribution is -2.47. The van der Waals surface area contributed by atoms with Gasteiger partial charge in [0, 0.05) is 12.6 Å². The van der Waals surface area contributed by atoms with Gasteiger partial charge in [0.05, 0.1) is 6.61 Å². The quantitative estimate of drug-likeness (QED) is 0.900. The molecule has 0 unspecified atom stereocenters. The number of ether oxygens (including phenoxy) is 1. The summed E-state index contributed by atoms with van der Waals surface area (Å²) >= 11 is 0. The van der Waals surface area contributed by atoms with Crippen molar-refractivity contribution in [1.29, 1.82) is 0 Å². The molecule has 0 spiro atoms. The molecule has 0 saturated carbocycles. The largest absolute Gasteiger partial charge is 0.508 e. The second kappa shape index (κ2) is 6.57. The van der Waals surface area contributed by atoms with Crippen molar-refractivity contribution in [3.05, 3.63) is 29.3 Å². The molecule has 0 heterocycles. The summed E-state index contributed by atoms with van der Waals surface area (Å²) in [5.74, 6) is 0.321. The highest BCUT2D eigenvalue weighted by Gasteiger charge is 2.31. The maximum absolute atomic E-state index is 12.4. The Balaban J connectivity index is 2.15. The van der Waals surface area contributed by atoms with Crippen LogP contribution >= 0.6 is 0 Å². The second-order valence-electron chi connectivity index (χ2n) is 6.71. The lowest BCUT2D eigenvalue weighted by atomic mass is 9.87. The lowest BCUT2D eigenvalue weighted by Gasteiger charge is -2.36. The number of aliphatic hydroxyl groups is 1. The van der Waals surface area contributed by atoms with Gasteiger partial charge in [0.1, 0.15) is 11.4 Å². The van der Waals surface area contributed by atoms with E-state index >= 15 is 0 Å². The molecule has 2 rings (SSSR count). The molecule has 0 aromatic heterocycles. The van der Waals surface area contributed by atoms with E-state index in [0.717, 1.165) is 24.0 Å². The Labute approximate surface area is 131 Å². The van der Waals surface area contributed by atoms with Gasteiger partial charge in [-0.25, -0.2) is 4.79 Å². The standard InChI is InChI=1S/C17H25NO4/c1-17(2,3)22-16(21)18(9-10-19)13-7-8-14-12(11-13)5-4-6-15(14)20/h4-6,13,19-20H,7-11H2,1-3H3/t13-/m0/s1. The number of carbonyl (C=O) groups excluding carboxylic acids is 1. The zero-order valence-electron chi connectivity index (χ0n) is 13.5. The number of carbonyl (C=O) groups is 1. The number of phenols is 1. The zero-order chi connectivity index (χ0) is 16.3.